The van der Waals surface area contributed by atoms with E-state index in [4.69, 9.17) is 9.47 Å². The quantitative estimate of drug-likeness (QED) is 0.726. The first-order valence-electron chi connectivity index (χ1n) is 7.82. The Kier molecular flexibility index (Phi) is 5.58. The van der Waals surface area contributed by atoms with E-state index in [1.54, 1.807) is 52.4 Å². The lowest BCUT2D eigenvalue weighted by atomic mass is 9.81. The van der Waals surface area contributed by atoms with E-state index < -0.39 is 17.1 Å². The van der Waals surface area contributed by atoms with Gasteiger partial charge >= 0.3 is 6.09 Å². The summed E-state index contributed by atoms with van der Waals surface area (Å²) in [5, 5.41) is 9.73. The lowest BCUT2D eigenvalue weighted by Gasteiger charge is -2.28. The van der Waals surface area contributed by atoms with Crippen molar-refractivity contribution in [3.05, 3.63) is 52.8 Å². The summed E-state index contributed by atoms with van der Waals surface area (Å²) in [7, 11) is 1.60. The van der Waals surface area contributed by atoms with Crippen LogP contribution in [0.5, 0.6) is 5.75 Å². The molecule has 132 valence electrons. The van der Waals surface area contributed by atoms with Gasteiger partial charge in [-0.15, -0.1) is 0 Å². The van der Waals surface area contributed by atoms with Gasteiger partial charge in [-0.2, -0.15) is 5.26 Å². The molecular weight excluding hydrogens is 384 g/mol. The first-order chi connectivity index (χ1) is 11.7. The van der Waals surface area contributed by atoms with Crippen LogP contribution in [0.25, 0.3) is 0 Å². The fourth-order valence-electron chi connectivity index (χ4n) is 2.39. The molecule has 0 N–H and O–H groups in total. The van der Waals surface area contributed by atoms with Crippen LogP contribution in [0.4, 0.5) is 4.79 Å². The lowest BCUT2D eigenvalue weighted by molar-refractivity contribution is 0.0395. The molecule has 1 aromatic carbocycles. The lowest BCUT2D eigenvalue weighted by Crippen LogP contribution is -2.33. The van der Waals surface area contributed by atoms with Crippen LogP contribution >= 0.6 is 15.9 Å². The number of nitriles is 1. The molecule has 0 bridgehead atoms. The Morgan fingerprint density at radius 2 is 1.96 bits per heavy atom. The maximum absolute atomic E-state index is 12.1. The second-order valence-electron chi connectivity index (χ2n) is 6.77. The summed E-state index contributed by atoms with van der Waals surface area (Å²) in [6, 6.07) is 7.97. The van der Waals surface area contributed by atoms with E-state index >= 15 is 0 Å². The van der Waals surface area contributed by atoms with Gasteiger partial charge in [0.15, 0.2) is 0 Å². The fourth-order valence-corrected chi connectivity index (χ4v) is 2.88. The molecule has 0 aliphatic carbocycles. The summed E-state index contributed by atoms with van der Waals surface area (Å²) in [4.78, 5) is 13.4. The number of hydrogen-bond donors (Lipinski definition) is 0. The van der Waals surface area contributed by atoms with Gasteiger partial charge < -0.3 is 9.47 Å². The maximum atomic E-state index is 12.1. The van der Waals surface area contributed by atoms with Crippen molar-refractivity contribution in [2.45, 2.75) is 32.8 Å². The van der Waals surface area contributed by atoms with Crippen LogP contribution in [0.1, 0.15) is 26.3 Å². The van der Waals surface area contributed by atoms with Crippen LogP contribution in [0.2, 0.25) is 0 Å². The van der Waals surface area contributed by atoms with Gasteiger partial charge in [0.1, 0.15) is 16.8 Å². The second-order valence-corrected chi connectivity index (χ2v) is 7.62. The monoisotopic (exact) mass is 404 g/mol. The van der Waals surface area contributed by atoms with E-state index in [2.05, 4.69) is 22.0 Å². The van der Waals surface area contributed by atoms with Crippen LogP contribution in [0.3, 0.4) is 0 Å². The number of amides is 1. The Balaban J connectivity index is 2.23. The van der Waals surface area contributed by atoms with Gasteiger partial charge in [0, 0.05) is 28.9 Å². The highest BCUT2D eigenvalue weighted by atomic mass is 79.9. The highest BCUT2D eigenvalue weighted by molar-refractivity contribution is 9.10. The summed E-state index contributed by atoms with van der Waals surface area (Å²) in [6.07, 6.45) is 6.49. The molecule has 0 atom stereocenters. The zero-order chi connectivity index (χ0) is 18.7. The molecule has 1 aliphatic heterocycles. The molecule has 0 unspecified atom stereocenters. The standard InChI is InChI=1S/C19H21BrN2O3/c1-18(2,3)25-17(23)22-10-8-19(13-21,9-11-22)12-14-15(20)6-5-7-16(14)24-4/h5-11H,12H2,1-4H3. The maximum Gasteiger partial charge on any atom is 0.418 e. The van der Waals surface area contributed by atoms with Crippen molar-refractivity contribution in [1.29, 1.82) is 5.26 Å². The van der Waals surface area contributed by atoms with Gasteiger partial charge in [0.05, 0.1) is 13.2 Å². The van der Waals surface area contributed by atoms with Gasteiger partial charge in [0.25, 0.3) is 0 Å². The third-order valence-electron chi connectivity index (χ3n) is 3.64. The molecule has 0 aromatic heterocycles. The van der Waals surface area contributed by atoms with Gasteiger partial charge in [-0.25, -0.2) is 4.79 Å². The molecule has 1 aromatic rings. The number of hydrogen-bond acceptors (Lipinski definition) is 4. The van der Waals surface area contributed by atoms with Crippen molar-refractivity contribution < 1.29 is 14.3 Å². The number of carbonyl (C=O) groups is 1. The largest absolute Gasteiger partial charge is 0.496 e. The molecule has 1 aliphatic rings. The minimum absolute atomic E-state index is 0.420. The first-order valence-corrected chi connectivity index (χ1v) is 8.62. The summed E-state index contributed by atoms with van der Waals surface area (Å²) in [5.41, 5.74) is -0.549. The molecule has 0 spiro atoms. The van der Waals surface area contributed by atoms with E-state index in [-0.39, 0.29) is 0 Å². The van der Waals surface area contributed by atoms with Crippen LogP contribution in [-0.4, -0.2) is 23.7 Å². The predicted molar refractivity (Wildman–Crippen MR) is 98.8 cm³/mol. The number of rotatable bonds is 3. The summed E-state index contributed by atoms with van der Waals surface area (Å²) >= 11 is 3.51. The SMILES string of the molecule is COc1cccc(Br)c1CC1(C#N)C=CN(C(=O)OC(C)(C)C)C=C1. The van der Waals surface area contributed by atoms with Gasteiger partial charge in [-0.1, -0.05) is 22.0 Å². The van der Waals surface area contributed by atoms with E-state index in [1.165, 1.54) is 4.90 Å². The molecule has 2 rings (SSSR count). The summed E-state index contributed by atoms with van der Waals surface area (Å²) in [5.74, 6) is 0.709. The van der Waals surface area contributed by atoms with Gasteiger partial charge in [-0.05, 0) is 45.1 Å². The molecule has 0 fully saturated rings. The molecule has 1 heterocycles. The van der Waals surface area contributed by atoms with E-state index in [9.17, 15) is 10.1 Å². The van der Waals surface area contributed by atoms with Crippen molar-refractivity contribution in [3.63, 3.8) is 0 Å². The summed E-state index contributed by atoms with van der Waals surface area (Å²) in [6.45, 7) is 5.42. The molecule has 0 saturated heterocycles. The Morgan fingerprint density at radius 3 is 2.48 bits per heavy atom. The normalized spacial score (nSPS) is 15.6. The van der Waals surface area contributed by atoms with Crippen LogP contribution in [-0.2, 0) is 11.2 Å². The third kappa shape index (κ3) is 4.64. The third-order valence-corrected chi connectivity index (χ3v) is 4.39. The number of halogens is 1. The Labute approximate surface area is 156 Å². The highest BCUT2D eigenvalue weighted by Gasteiger charge is 2.31. The number of nitrogens with zero attached hydrogens (tertiary/aromatic N) is 2. The van der Waals surface area contributed by atoms with Crippen molar-refractivity contribution in [2.75, 3.05) is 7.11 Å². The highest BCUT2D eigenvalue weighted by Crippen LogP contribution is 2.36. The molecular formula is C19H21BrN2O3. The van der Waals surface area contributed by atoms with Crippen LogP contribution in [0, 0.1) is 16.7 Å². The van der Waals surface area contributed by atoms with Crippen molar-refractivity contribution in [3.8, 4) is 11.8 Å². The van der Waals surface area contributed by atoms with Gasteiger partial charge in [0.2, 0.25) is 0 Å². The fraction of sp³-hybridized carbons (Fsp3) is 0.368. The van der Waals surface area contributed by atoms with Crippen LogP contribution < -0.4 is 4.74 Å². The van der Waals surface area contributed by atoms with E-state index in [1.807, 2.05) is 18.2 Å². The molecule has 25 heavy (non-hydrogen) atoms. The molecule has 0 saturated carbocycles. The smallest absolute Gasteiger partial charge is 0.418 e. The van der Waals surface area contributed by atoms with Crippen LogP contribution in [0.15, 0.2) is 47.2 Å². The number of carbonyl (C=O) groups excluding carboxylic acids is 1. The Bertz CT molecular complexity index is 743. The average Bonchev–Trinajstić information content (AvgIpc) is 2.55. The van der Waals surface area contributed by atoms with Crippen molar-refractivity contribution >= 4 is 22.0 Å². The van der Waals surface area contributed by atoms with Crippen molar-refractivity contribution in [1.82, 2.24) is 4.90 Å². The second kappa shape index (κ2) is 7.32. The zero-order valence-electron chi connectivity index (χ0n) is 14.7. The molecule has 1 amide bonds. The topological polar surface area (TPSA) is 62.6 Å². The number of methoxy groups -OCH3 is 1. The molecule has 5 nitrogen and oxygen atoms in total. The minimum atomic E-state index is -0.865. The molecule has 6 heteroatoms. The van der Waals surface area contributed by atoms with Gasteiger partial charge in [-0.3, -0.25) is 4.90 Å². The van der Waals surface area contributed by atoms with E-state index in [0.29, 0.717) is 12.2 Å². The Morgan fingerprint density at radius 1 is 1.32 bits per heavy atom. The minimum Gasteiger partial charge on any atom is -0.496 e. The zero-order valence-corrected chi connectivity index (χ0v) is 16.3. The number of ether oxygens (including phenoxy) is 2. The van der Waals surface area contributed by atoms with Crippen molar-refractivity contribution in [2.24, 2.45) is 5.41 Å². The number of allylic oxidation sites excluding steroid dienone is 2. The van der Waals surface area contributed by atoms with E-state index in [0.717, 1.165) is 10.0 Å². The predicted octanol–water partition coefficient (Wildman–Crippen LogP) is 4.79. The Hall–Kier alpha value is -2.26. The number of benzene rings is 1. The first kappa shape index (κ1) is 19.1. The average molecular weight is 405 g/mol. The summed E-state index contributed by atoms with van der Waals surface area (Å²) < 4.78 is 11.6. The molecule has 0 radical (unpaired) electrons.